The summed E-state index contributed by atoms with van der Waals surface area (Å²) in [5, 5.41) is 8.55. The largest absolute Gasteiger partial charge is 0.481 e. The molecule has 3 fully saturated rings. The Balaban J connectivity index is 1.06. The van der Waals surface area contributed by atoms with Crippen LogP contribution in [0.25, 0.3) is 11.4 Å². The van der Waals surface area contributed by atoms with Crippen molar-refractivity contribution in [2.45, 2.75) is 125 Å². The summed E-state index contributed by atoms with van der Waals surface area (Å²) in [7, 11) is -3.17. The third-order valence-electron chi connectivity index (χ3n) is 13.3. The molecule has 67 heavy (non-hydrogen) atoms. The van der Waals surface area contributed by atoms with E-state index in [9.17, 15) is 36.8 Å². The lowest BCUT2D eigenvalue weighted by atomic mass is 10.0. The maximum absolute atomic E-state index is 14.8. The fourth-order valence-electron chi connectivity index (χ4n) is 9.52. The van der Waals surface area contributed by atoms with Gasteiger partial charge in [-0.05, 0) is 69.6 Å². The summed E-state index contributed by atoms with van der Waals surface area (Å²) in [6.07, 6.45) is 5.62. The van der Waals surface area contributed by atoms with Crippen LogP contribution < -0.4 is 25.4 Å². The second kappa shape index (κ2) is 20.3. The van der Waals surface area contributed by atoms with Crippen molar-refractivity contribution in [3.63, 3.8) is 0 Å². The minimum Gasteiger partial charge on any atom is -0.481 e. The van der Waals surface area contributed by atoms with Crippen LogP contribution in [0.1, 0.15) is 88.3 Å². The number of sulfonamides is 1. The molecule has 0 unspecified atom stereocenters. The standard InChI is InChI=1S/C47H57FN8O10S/c1-3-30-26-47(30)44(59)54-67(62,63)39-24-31(48)19-20-35(39)49-22-13-6-4-5-10-18-36(51-45(60)65-32-16-11-12-17-32)43(58)56-27-33(25-38(56)41(57)53-47)66-46(61)55-23-21-34-37(28-55)50-40(52-42(34)64-2)29-14-8-7-9-15-29/h3,7-9,14-15,19-20,24,30,32-33,36,38,49H,1,4-6,10-13,16-18,21-23,25-28H2,2H3,(H,51,60)(H,53,57)(H,54,59)/t30-,33-,36+,38+,47-/m1/s1. The monoisotopic (exact) mass is 944 g/mol. The van der Waals surface area contributed by atoms with Gasteiger partial charge in [0.15, 0.2) is 5.82 Å². The number of anilines is 1. The zero-order chi connectivity index (χ0) is 47.3. The van der Waals surface area contributed by atoms with Crippen LogP contribution in [0.3, 0.4) is 0 Å². The average molecular weight is 945 g/mol. The third kappa shape index (κ3) is 10.6. The van der Waals surface area contributed by atoms with E-state index in [2.05, 4.69) is 32.2 Å². The van der Waals surface area contributed by atoms with Gasteiger partial charge >= 0.3 is 12.2 Å². The highest BCUT2D eigenvalue weighted by Crippen LogP contribution is 2.45. The highest BCUT2D eigenvalue weighted by molar-refractivity contribution is 7.90. The Hall–Kier alpha value is -6.31. The number of alkyl carbamates (subject to hydrolysis) is 1. The number of benzene rings is 2. The van der Waals surface area contributed by atoms with Crippen LogP contribution in [0.15, 0.2) is 66.1 Å². The van der Waals surface area contributed by atoms with Crippen LogP contribution in [-0.4, -0.2) is 115 Å². The Bertz CT molecular complexity index is 2490. The van der Waals surface area contributed by atoms with Gasteiger partial charge in [0, 0.05) is 36.6 Å². The Labute approximate surface area is 388 Å². The van der Waals surface area contributed by atoms with Crippen LogP contribution in [0, 0.1) is 11.7 Å². The summed E-state index contributed by atoms with van der Waals surface area (Å²) in [5.41, 5.74) is 0.393. The van der Waals surface area contributed by atoms with Crippen molar-refractivity contribution in [2.75, 3.05) is 32.1 Å². The van der Waals surface area contributed by atoms with Gasteiger partial charge in [0.05, 0.1) is 31.6 Å². The first-order chi connectivity index (χ1) is 32.3. The fourth-order valence-corrected chi connectivity index (χ4v) is 10.8. The molecular formula is C47H57FN8O10S. The molecule has 8 rings (SSSR count). The van der Waals surface area contributed by atoms with Crippen LogP contribution in [0.2, 0.25) is 0 Å². The van der Waals surface area contributed by atoms with E-state index in [-0.39, 0.29) is 50.7 Å². The van der Waals surface area contributed by atoms with E-state index >= 15 is 0 Å². The Morgan fingerprint density at radius 3 is 2.45 bits per heavy atom. The van der Waals surface area contributed by atoms with Gasteiger partial charge in [0.1, 0.15) is 40.5 Å². The molecule has 1 spiro atoms. The highest BCUT2D eigenvalue weighted by Gasteiger charge is 2.61. The maximum Gasteiger partial charge on any atom is 0.410 e. The van der Waals surface area contributed by atoms with Gasteiger partial charge in [-0.2, -0.15) is 4.98 Å². The smallest absolute Gasteiger partial charge is 0.410 e. The van der Waals surface area contributed by atoms with Crippen molar-refractivity contribution < 1.29 is 51.0 Å². The summed E-state index contributed by atoms with van der Waals surface area (Å²) in [6.45, 7) is 4.21. The molecule has 5 amide bonds. The number of halogens is 1. The Morgan fingerprint density at radius 1 is 0.955 bits per heavy atom. The summed E-state index contributed by atoms with van der Waals surface area (Å²) >= 11 is 0. The van der Waals surface area contributed by atoms with Crippen molar-refractivity contribution in [1.82, 2.24) is 35.1 Å². The number of aromatic nitrogens is 2. The van der Waals surface area contributed by atoms with E-state index in [1.807, 2.05) is 30.3 Å². The van der Waals surface area contributed by atoms with E-state index in [0.717, 1.165) is 48.9 Å². The van der Waals surface area contributed by atoms with E-state index in [0.29, 0.717) is 62.5 Å². The molecule has 0 radical (unpaired) electrons. The first-order valence-corrected chi connectivity index (χ1v) is 24.5. The molecule has 4 N–H and O–H groups in total. The number of amides is 5. The number of ether oxygens (including phenoxy) is 3. The van der Waals surface area contributed by atoms with Gasteiger partial charge in [0.2, 0.25) is 17.7 Å². The third-order valence-corrected chi connectivity index (χ3v) is 14.7. The van der Waals surface area contributed by atoms with Crippen LogP contribution in [-0.2, 0) is 46.8 Å². The highest BCUT2D eigenvalue weighted by atomic mass is 32.2. The number of fused-ring (bicyclic) bond motifs is 3. The molecule has 18 nitrogen and oxygen atoms in total. The number of rotatable bonds is 6. The van der Waals surface area contributed by atoms with Crippen LogP contribution >= 0.6 is 0 Å². The lowest BCUT2D eigenvalue weighted by Crippen LogP contribution is -2.58. The second-order valence-corrected chi connectivity index (χ2v) is 19.5. The van der Waals surface area contributed by atoms with Crippen molar-refractivity contribution in [1.29, 1.82) is 0 Å². The molecule has 2 saturated carbocycles. The SMILES string of the molecule is C=C[C@@H]1C[C@@]12NC(=O)[C@@H]1C[C@@H](OC(=O)N3CCc4c(nc(-c5ccccc5)nc4OC)C3)CN1C(=O)[C@@H](NC(=O)OC1CCCC1)CCCCCCCNc1ccc(F)cc1S(=O)(=O)NC2=O. The van der Waals surface area contributed by atoms with Gasteiger partial charge in [0.25, 0.3) is 15.9 Å². The van der Waals surface area contributed by atoms with Crippen molar-refractivity contribution in [2.24, 2.45) is 5.92 Å². The van der Waals surface area contributed by atoms with Crippen LogP contribution in [0.4, 0.5) is 19.7 Å². The van der Waals surface area contributed by atoms with E-state index < -0.39 is 80.3 Å². The molecule has 0 bridgehead atoms. The van der Waals surface area contributed by atoms with Gasteiger partial charge in [-0.3, -0.25) is 14.4 Å². The van der Waals surface area contributed by atoms with Crippen LogP contribution in [0.5, 0.6) is 5.88 Å². The molecule has 20 heteroatoms. The molecule has 3 aliphatic heterocycles. The lowest BCUT2D eigenvalue weighted by molar-refractivity contribution is -0.141. The number of hydrogen-bond acceptors (Lipinski definition) is 13. The number of hydrogen-bond donors (Lipinski definition) is 4. The minimum absolute atomic E-state index is 0.0229. The van der Waals surface area contributed by atoms with Gasteiger partial charge in [-0.15, -0.1) is 6.58 Å². The number of carbonyl (C=O) groups excluding carboxylic acids is 5. The van der Waals surface area contributed by atoms with E-state index in [4.69, 9.17) is 19.2 Å². The maximum atomic E-state index is 14.8. The fraction of sp³-hybridized carbons (Fsp3) is 0.511. The van der Waals surface area contributed by atoms with Gasteiger partial charge < -0.3 is 40.0 Å². The zero-order valence-corrected chi connectivity index (χ0v) is 38.3. The second-order valence-electron chi connectivity index (χ2n) is 17.8. The molecule has 5 aliphatic rings. The predicted molar refractivity (Wildman–Crippen MR) is 241 cm³/mol. The Morgan fingerprint density at radius 2 is 1.70 bits per heavy atom. The normalized spacial score (nSPS) is 25.9. The molecule has 358 valence electrons. The van der Waals surface area contributed by atoms with Gasteiger partial charge in [-0.25, -0.2) is 32.1 Å². The number of carbonyl (C=O) groups is 5. The van der Waals surface area contributed by atoms with Crippen molar-refractivity contribution in [3.05, 3.63) is 78.3 Å². The Kier molecular flexibility index (Phi) is 14.3. The first-order valence-electron chi connectivity index (χ1n) is 23.1. The van der Waals surface area contributed by atoms with Crippen molar-refractivity contribution >= 4 is 45.6 Å². The molecular weight excluding hydrogens is 888 g/mol. The number of nitrogens with one attached hydrogen (secondary N) is 4. The quantitative estimate of drug-likeness (QED) is 0.236. The molecule has 3 aromatic rings. The van der Waals surface area contributed by atoms with E-state index in [1.165, 1.54) is 29.1 Å². The summed E-state index contributed by atoms with van der Waals surface area (Å²) in [4.78, 5) is 82.4. The predicted octanol–water partition coefficient (Wildman–Crippen LogP) is 5.13. The molecule has 1 saturated heterocycles. The van der Waals surface area contributed by atoms with Gasteiger partial charge in [-0.1, -0.05) is 62.1 Å². The molecule has 5 atom stereocenters. The zero-order valence-electron chi connectivity index (χ0n) is 37.5. The molecule has 4 heterocycles. The first kappa shape index (κ1) is 47.2. The lowest BCUT2D eigenvalue weighted by Gasteiger charge is -2.30. The average Bonchev–Trinajstić information content (AvgIpc) is 3.56. The summed E-state index contributed by atoms with van der Waals surface area (Å²) in [5.74, 6) is -3.22. The van der Waals surface area contributed by atoms with Crippen molar-refractivity contribution in [3.8, 4) is 17.3 Å². The number of nitrogens with zero attached hydrogens (tertiary/aromatic N) is 4. The summed E-state index contributed by atoms with van der Waals surface area (Å²) in [6, 6.07) is 10.1. The molecule has 2 aliphatic carbocycles. The summed E-state index contributed by atoms with van der Waals surface area (Å²) < 4.78 is 61.6. The van der Waals surface area contributed by atoms with E-state index in [1.54, 1.807) is 0 Å². The molecule has 1 aromatic heterocycles. The topological polar surface area (TPSA) is 228 Å². The minimum atomic E-state index is -4.69. The molecule has 2 aromatic carbocycles. The number of methoxy groups -OCH3 is 1.